The second-order valence-corrected chi connectivity index (χ2v) is 4.29. The van der Waals surface area contributed by atoms with E-state index in [1.807, 2.05) is 11.8 Å². The van der Waals surface area contributed by atoms with E-state index in [1.165, 1.54) is 12.8 Å². The van der Waals surface area contributed by atoms with Crippen molar-refractivity contribution in [3.8, 4) is 0 Å². The number of hydrogen-bond donors (Lipinski definition) is 1. The van der Waals surface area contributed by atoms with Crippen LogP contribution in [0.5, 0.6) is 0 Å². The summed E-state index contributed by atoms with van der Waals surface area (Å²) in [4.78, 5) is 16.0. The number of likely N-dealkylation sites (tertiary alicyclic amines) is 1. The standard InChI is InChI=1S/C10H19N3O/c1-3-11-10(14)13-6-8-4-5-9(7-13)12(8)2/h8-9H,3-7H2,1-2H3,(H,11,14)/t8-,9-/m0/s1. The summed E-state index contributed by atoms with van der Waals surface area (Å²) in [7, 11) is 2.18. The van der Waals surface area contributed by atoms with Gasteiger partial charge in [0.05, 0.1) is 0 Å². The average molecular weight is 197 g/mol. The number of likely N-dealkylation sites (N-methyl/N-ethyl adjacent to an activating group) is 1. The molecule has 2 fully saturated rings. The molecular weight excluding hydrogens is 178 g/mol. The van der Waals surface area contributed by atoms with Crippen molar-refractivity contribution in [2.45, 2.75) is 31.8 Å². The Kier molecular flexibility index (Phi) is 2.63. The quantitative estimate of drug-likeness (QED) is 0.664. The fourth-order valence-corrected chi connectivity index (χ4v) is 2.54. The molecule has 2 bridgehead atoms. The van der Waals surface area contributed by atoms with E-state index < -0.39 is 0 Å². The second-order valence-electron chi connectivity index (χ2n) is 4.29. The molecule has 0 saturated carbocycles. The van der Waals surface area contributed by atoms with E-state index in [4.69, 9.17) is 0 Å². The lowest BCUT2D eigenvalue weighted by molar-refractivity contribution is 0.104. The number of carbonyl (C=O) groups is 1. The van der Waals surface area contributed by atoms with Crippen molar-refractivity contribution in [1.29, 1.82) is 0 Å². The van der Waals surface area contributed by atoms with Crippen LogP contribution in [0.25, 0.3) is 0 Å². The fraction of sp³-hybridized carbons (Fsp3) is 0.900. The molecule has 2 saturated heterocycles. The molecule has 0 unspecified atom stereocenters. The molecule has 1 N–H and O–H groups in total. The summed E-state index contributed by atoms with van der Waals surface area (Å²) in [6.07, 6.45) is 2.49. The number of nitrogens with one attached hydrogen (secondary N) is 1. The Morgan fingerprint density at radius 1 is 1.36 bits per heavy atom. The van der Waals surface area contributed by atoms with E-state index in [0.717, 1.165) is 19.6 Å². The first kappa shape index (κ1) is 9.77. The van der Waals surface area contributed by atoms with Crippen LogP contribution in [0, 0.1) is 0 Å². The summed E-state index contributed by atoms with van der Waals surface area (Å²) >= 11 is 0. The van der Waals surface area contributed by atoms with E-state index in [2.05, 4.69) is 17.3 Å². The van der Waals surface area contributed by atoms with Gasteiger partial charge in [0.25, 0.3) is 0 Å². The number of hydrogen-bond acceptors (Lipinski definition) is 2. The van der Waals surface area contributed by atoms with Gasteiger partial charge in [0.2, 0.25) is 0 Å². The number of piperazine rings is 1. The fourth-order valence-electron chi connectivity index (χ4n) is 2.54. The predicted octanol–water partition coefficient (Wildman–Crippen LogP) is 0.494. The molecule has 14 heavy (non-hydrogen) atoms. The van der Waals surface area contributed by atoms with Gasteiger partial charge in [-0.2, -0.15) is 0 Å². The number of fused-ring (bicyclic) bond motifs is 2. The highest BCUT2D eigenvalue weighted by Crippen LogP contribution is 2.28. The normalized spacial score (nSPS) is 32.0. The zero-order valence-corrected chi connectivity index (χ0v) is 8.99. The number of amides is 2. The van der Waals surface area contributed by atoms with Crippen molar-refractivity contribution < 1.29 is 4.79 Å². The molecule has 0 aliphatic carbocycles. The largest absolute Gasteiger partial charge is 0.338 e. The first-order valence-corrected chi connectivity index (χ1v) is 5.47. The van der Waals surface area contributed by atoms with Gasteiger partial charge in [0.15, 0.2) is 0 Å². The highest BCUT2D eigenvalue weighted by molar-refractivity contribution is 5.74. The monoisotopic (exact) mass is 197 g/mol. The van der Waals surface area contributed by atoms with Crippen LogP contribution in [0.2, 0.25) is 0 Å². The molecule has 80 valence electrons. The van der Waals surface area contributed by atoms with Crippen molar-refractivity contribution in [3.05, 3.63) is 0 Å². The summed E-state index contributed by atoms with van der Waals surface area (Å²) in [5.74, 6) is 0. The Hall–Kier alpha value is -0.770. The van der Waals surface area contributed by atoms with Crippen molar-refractivity contribution in [2.24, 2.45) is 0 Å². The molecule has 4 heteroatoms. The topological polar surface area (TPSA) is 35.6 Å². The van der Waals surface area contributed by atoms with Gasteiger partial charge in [0, 0.05) is 31.7 Å². The lowest BCUT2D eigenvalue weighted by atomic mass is 10.2. The Morgan fingerprint density at radius 3 is 2.43 bits per heavy atom. The summed E-state index contributed by atoms with van der Waals surface area (Å²) in [5, 5.41) is 2.87. The minimum atomic E-state index is 0.109. The van der Waals surface area contributed by atoms with E-state index >= 15 is 0 Å². The summed E-state index contributed by atoms with van der Waals surface area (Å²) < 4.78 is 0. The van der Waals surface area contributed by atoms with Gasteiger partial charge in [-0.05, 0) is 26.8 Å². The van der Waals surface area contributed by atoms with Crippen LogP contribution in [0.1, 0.15) is 19.8 Å². The van der Waals surface area contributed by atoms with Gasteiger partial charge in [-0.1, -0.05) is 0 Å². The second kappa shape index (κ2) is 3.77. The van der Waals surface area contributed by atoms with Gasteiger partial charge in [-0.25, -0.2) is 4.79 Å². The number of urea groups is 1. The molecule has 2 aliphatic rings. The summed E-state index contributed by atoms with van der Waals surface area (Å²) in [5.41, 5.74) is 0. The van der Waals surface area contributed by atoms with Gasteiger partial charge < -0.3 is 10.2 Å². The highest BCUT2D eigenvalue weighted by atomic mass is 16.2. The third-order valence-electron chi connectivity index (χ3n) is 3.46. The van der Waals surface area contributed by atoms with Crippen LogP contribution in [-0.2, 0) is 0 Å². The molecule has 0 aromatic carbocycles. The van der Waals surface area contributed by atoms with Crippen LogP contribution < -0.4 is 5.32 Å². The van der Waals surface area contributed by atoms with Crippen molar-refractivity contribution in [3.63, 3.8) is 0 Å². The molecule has 0 spiro atoms. The van der Waals surface area contributed by atoms with Crippen LogP contribution >= 0.6 is 0 Å². The van der Waals surface area contributed by atoms with Gasteiger partial charge in [-0.15, -0.1) is 0 Å². The molecule has 2 aliphatic heterocycles. The van der Waals surface area contributed by atoms with E-state index in [0.29, 0.717) is 12.1 Å². The molecule has 0 aromatic rings. The Labute approximate surface area is 85.2 Å². The van der Waals surface area contributed by atoms with Crippen LogP contribution in [0.4, 0.5) is 4.79 Å². The molecular formula is C10H19N3O. The summed E-state index contributed by atoms with van der Waals surface area (Å²) in [6, 6.07) is 1.30. The zero-order valence-electron chi connectivity index (χ0n) is 8.99. The number of carbonyl (C=O) groups excluding carboxylic acids is 1. The molecule has 0 radical (unpaired) electrons. The molecule has 2 atom stereocenters. The Morgan fingerprint density at radius 2 is 1.93 bits per heavy atom. The summed E-state index contributed by atoms with van der Waals surface area (Å²) in [6.45, 7) is 4.49. The zero-order chi connectivity index (χ0) is 10.1. The molecule has 0 aromatic heterocycles. The minimum Gasteiger partial charge on any atom is -0.338 e. The third kappa shape index (κ3) is 1.59. The van der Waals surface area contributed by atoms with Crippen LogP contribution in [0.15, 0.2) is 0 Å². The van der Waals surface area contributed by atoms with Gasteiger partial charge >= 0.3 is 6.03 Å². The minimum absolute atomic E-state index is 0.109. The van der Waals surface area contributed by atoms with Crippen LogP contribution in [-0.4, -0.2) is 54.6 Å². The number of rotatable bonds is 1. The van der Waals surface area contributed by atoms with Crippen LogP contribution in [0.3, 0.4) is 0 Å². The average Bonchev–Trinajstić information content (AvgIpc) is 2.42. The molecule has 2 heterocycles. The SMILES string of the molecule is CCNC(=O)N1C[C@@H]2CC[C@@H](C1)N2C. The molecule has 2 rings (SSSR count). The molecule has 4 nitrogen and oxygen atoms in total. The van der Waals surface area contributed by atoms with Gasteiger partial charge in [0.1, 0.15) is 0 Å². The maximum atomic E-state index is 11.6. The van der Waals surface area contributed by atoms with Gasteiger partial charge in [-0.3, -0.25) is 4.90 Å². The van der Waals surface area contributed by atoms with Crippen molar-refractivity contribution in [1.82, 2.24) is 15.1 Å². The first-order chi connectivity index (χ1) is 6.72. The smallest absolute Gasteiger partial charge is 0.317 e. The number of nitrogens with zero attached hydrogens (tertiary/aromatic N) is 2. The lowest BCUT2D eigenvalue weighted by Gasteiger charge is -2.38. The van der Waals surface area contributed by atoms with Crippen molar-refractivity contribution >= 4 is 6.03 Å². The maximum absolute atomic E-state index is 11.6. The predicted molar refractivity (Wildman–Crippen MR) is 55.2 cm³/mol. The Balaban J connectivity index is 1.95. The maximum Gasteiger partial charge on any atom is 0.317 e. The highest BCUT2D eigenvalue weighted by Gasteiger charge is 2.38. The first-order valence-electron chi connectivity index (χ1n) is 5.47. The third-order valence-corrected chi connectivity index (χ3v) is 3.46. The van der Waals surface area contributed by atoms with E-state index in [9.17, 15) is 4.79 Å². The van der Waals surface area contributed by atoms with E-state index in [1.54, 1.807) is 0 Å². The van der Waals surface area contributed by atoms with Crippen molar-refractivity contribution in [2.75, 3.05) is 26.7 Å². The lowest BCUT2D eigenvalue weighted by Crippen LogP contribution is -2.55. The Bertz CT molecular complexity index is 217. The van der Waals surface area contributed by atoms with E-state index in [-0.39, 0.29) is 6.03 Å². The molecule has 2 amide bonds.